The fraction of sp³-hybridized carbons (Fsp3) is 0.222. The van der Waals surface area contributed by atoms with Gasteiger partial charge in [-0.2, -0.15) is 0 Å². The van der Waals surface area contributed by atoms with Crippen LogP contribution in [0.4, 0.5) is 0 Å². The molecule has 4 rings (SSSR count). The van der Waals surface area contributed by atoms with Crippen molar-refractivity contribution < 1.29 is 0 Å². The summed E-state index contributed by atoms with van der Waals surface area (Å²) in [5.74, 6) is 0. The van der Waals surface area contributed by atoms with E-state index in [0.29, 0.717) is 0 Å². The number of hydrogen-bond donors (Lipinski definition) is 0. The van der Waals surface area contributed by atoms with Crippen molar-refractivity contribution in [3.63, 3.8) is 0 Å². The lowest BCUT2D eigenvalue weighted by Gasteiger charge is -2.21. The van der Waals surface area contributed by atoms with Gasteiger partial charge in [0.1, 0.15) is 10.0 Å². The SMILES string of the molecule is CC(c1nc2ccccc2s1)N(C)Cc1nc2ccccc2s1. The topological polar surface area (TPSA) is 29.0 Å². The molecule has 116 valence electrons. The number of fused-ring (bicyclic) bond motifs is 2. The Bertz CT molecular complexity index is 891. The molecule has 5 heteroatoms. The molecule has 3 nitrogen and oxygen atoms in total. The van der Waals surface area contributed by atoms with Crippen LogP contribution in [0.3, 0.4) is 0 Å². The van der Waals surface area contributed by atoms with Crippen molar-refractivity contribution in [1.29, 1.82) is 0 Å². The van der Waals surface area contributed by atoms with Crippen molar-refractivity contribution in [2.24, 2.45) is 0 Å². The summed E-state index contributed by atoms with van der Waals surface area (Å²) in [6.45, 7) is 3.06. The summed E-state index contributed by atoms with van der Waals surface area (Å²) in [6.07, 6.45) is 0. The van der Waals surface area contributed by atoms with Crippen LogP contribution >= 0.6 is 22.7 Å². The standard InChI is InChI=1S/C18H17N3S2/c1-12(18-20-14-8-4-6-10-16(14)23-18)21(2)11-17-19-13-7-3-5-9-15(13)22-17/h3-10,12H,11H2,1-2H3. The first-order chi connectivity index (χ1) is 11.2. The van der Waals surface area contributed by atoms with E-state index in [2.05, 4.69) is 55.3 Å². The maximum atomic E-state index is 4.78. The lowest BCUT2D eigenvalue weighted by molar-refractivity contribution is 0.252. The Morgan fingerprint density at radius 3 is 2.17 bits per heavy atom. The molecule has 0 N–H and O–H groups in total. The summed E-state index contributed by atoms with van der Waals surface area (Å²) in [7, 11) is 2.14. The van der Waals surface area contributed by atoms with Gasteiger partial charge in [-0.1, -0.05) is 24.3 Å². The molecule has 2 aromatic heterocycles. The molecule has 0 aliphatic heterocycles. The summed E-state index contributed by atoms with van der Waals surface area (Å²) < 4.78 is 2.51. The molecule has 0 radical (unpaired) electrons. The number of para-hydroxylation sites is 2. The van der Waals surface area contributed by atoms with E-state index in [1.54, 1.807) is 22.7 Å². The van der Waals surface area contributed by atoms with E-state index in [9.17, 15) is 0 Å². The second kappa shape index (κ2) is 6.00. The van der Waals surface area contributed by atoms with Crippen molar-refractivity contribution in [2.45, 2.75) is 19.5 Å². The molecule has 0 amide bonds. The van der Waals surface area contributed by atoms with Gasteiger partial charge in [-0.05, 0) is 38.2 Å². The molecule has 0 saturated carbocycles. The fourth-order valence-corrected chi connectivity index (χ4v) is 4.71. The predicted octanol–water partition coefficient (Wildman–Crippen LogP) is 5.10. The second-order valence-electron chi connectivity index (χ2n) is 5.69. The Hall–Kier alpha value is -1.82. The highest BCUT2D eigenvalue weighted by molar-refractivity contribution is 7.19. The fourth-order valence-electron chi connectivity index (χ4n) is 2.60. The zero-order valence-corrected chi connectivity index (χ0v) is 14.7. The first-order valence-electron chi connectivity index (χ1n) is 7.61. The zero-order chi connectivity index (χ0) is 15.8. The molecule has 0 spiro atoms. The van der Waals surface area contributed by atoms with Crippen LogP contribution in [0.5, 0.6) is 0 Å². The quantitative estimate of drug-likeness (QED) is 0.518. The summed E-state index contributed by atoms with van der Waals surface area (Å²) in [5, 5.41) is 2.32. The highest BCUT2D eigenvalue weighted by Gasteiger charge is 2.17. The highest BCUT2D eigenvalue weighted by Crippen LogP contribution is 2.30. The van der Waals surface area contributed by atoms with Crippen LogP contribution in [0.1, 0.15) is 23.0 Å². The van der Waals surface area contributed by atoms with Crippen molar-refractivity contribution in [2.75, 3.05) is 7.05 Å². The first kappa shape index (κ1) is 14.8. The van der Waals surface area contributed by atoms with Crippen molar-refractivity contribution in [3.05, 3.63) is 58.5 Å². The predicted molar refractivity (Wildman–Crippen MR) is 99.1 cm³/mol. The van der Waals surface area contributed by atoms with Crippen LogP contribution in [0.15, 0.2) is 48.5 Å². The maximum absolute atomic E-state index is 4.78. The van der Waals surface area contributed by atoms with Gasteiger partial charge in [-0.15, -0.1) is 22.7 Å². The molecule has 0 fully saturated rings. The van der Waals surface area contributed by atoms with Crippen LogP contribution in [-0.2, 0) is 6.54 Å². The molecule has 1 unspecified atom stereocenters. The monoisotopic (exact) mass is 339 g/mol. The Morgan fingerprint density at radius 1 is 0.913 bits per heavy atom. The van der Waals surface area contributed by atoms with Gasteiger partial charge in [0.15, 0.2) is 0 Å². The van der Waals surface area contributed by atoms with E-state index in [4.69, 9.17) is 9.97 Å². The van der Waals surface area contributed by atoms with Gasteiger partial charge in [0.05, 0.1) is 33.0 Å². The Balaban J connectivity index is 1.56. The molecule has 23 heavy (non-hydrogen) atoms. The summed E-state index contributed by atoms with van der Waals surface area (Å²) in [5.41, 5.74) is 2.18. The molecule has 2 heterocycles. The zero-order valence-electron chi connectivity index (χ0n) is 13.1. The normalized spacial score (nSPS) is 13.2. The van der Waals surface area contributed by atoms with Crippen LogP contribution in [0.25, 0.3) is 20.4 Å². The smallest absolute Gasteiger partial charge is 0.111 e. The molecule has 0 aliphatic carbocycles. The number of rotatable bonds is 4. The lowest BCUT2D eigenvalue weighted by Crippen LogP contribution is -2.21. The number of thiazole rings is 2. The third-order valence-corrected chi connectivity index (χ3v) is 6.28. The Labute approximate surface area is 143 Å². The number of nitrogens with zero attached hydrogens (tertiary/aromatic N) is 3. The van der Waals surface area contributed by atoms with Gasteiger partial charge in [0.25, 0.3) is 0 Å². The van der Waals surface area contributed by atoms with Gasteiger partial charge in [-0.25, -0.2) is 9.97 Å². The van der Waals surface area contributed by atoms with Gasteiger partial charge < -0.3 is 0 Å². The Kier molecular flexibility index (Phi) is 3.85. The number of aromatic nitrogens is 2. The highest BCUT2D eigenvalue weighted by atomic mass is 32.1. The van der Waals surface area contributed by atoms with Crippen LogP contribution in [-0.4, -0.2) is 21.9 Å². The van der Waals surface area contributed by atoms with Crippen LogP contribution in [0.2, 0.25) is 0 Å². The average Bonchev–Trinajstić information content (AvgIpc) is 3.16. The third kappa shape index (κ3) is 2.87. The summed E-state index contributed by atoms with van der Waals surface area (Å²) >= 11 is 3.55. The first-order valence-corrected chi connectivity index (χ1v) is 9.24. The maximum Gasteiger partial charge on any atom is 0.111 e. The average molecular weight is 339 g/mol. The molecule has 2 aromatic carbocycles. The van der Waals surface area contributed by atoms with Gasteiger partial charge >= 0.3 is 0 Å². The lowest BCUT2D eigenvalue weighted by atomic mass is 10.3. The van der Waals surface area contributed by atoms with E-state index < -0.39 is 0 Å². The third-order valence-electron chi connectivity index (χ3n) is 4.05. The van der Waals surface area contributed by atoms with Gasteiger partial charge in [0.2, 0.25) is 0 Å². The molecule has 0 aliphatic rings. The molecule has 4 aromatic rings. The minimum absolute atomic E-state index is 0.277. The second-order valence-corrected chi connectivity index (χ2v) is 7.86. The van der Waals surface area contributed by atoms with E-state index in [0.717, 1.165) is 27.6 Å². The van der Waals surface area contributed by atoms with E-state index in [-0.39, 0.29) is 6.04 Å². The van der Waals surface area contributed by atoms with Crippen molar-refractivity contribution in [1.82, 2.24) is 14.9 Å². The van der Waals surface area contributed by atoms with Crippen molar-refractivity contribution >= 4 is 43.1 Å². The molecule has 0 bridgehead atoms. The Morgan fingerprint density at radius 2 is 1.52 bits per heavy atom. The van der Waals surface area contributed by atoms with Gasteiger partial charge in [-0.3, -0.25) is 4.90 Å². The van der Waals surface area contributed by atoms with Crippen molar-refractivity contribution in [3.8, 4) is 0 Å². The minimum Gasteiger partial charge on any atom is -0.291 e. The van der Waals surface area contributed by atoms with Crippen LogP contribution in [0, 0.1) is 0 Å². The van der Waals surface area contributed by atoms with E-state index in [1.807, 2.05) is 12.1 Å². The molecule has 1 atom stereocenters. The molecular formula is C18H17N3S2. The summed E-state index contributed by atoms with van der Waals surface area (Å²) in [4.78, 5) is 11.8. The molecule has 0 saturated heterocycles. The molecular weight excluding hydrogens is 322 g/mol. The summed E-state index contributed by atoms with van der Waals surface area (Å²) in [6, 6.07) is 16.9. The minimum atomic E-state index is 0.277. The van der Waals surface area contributed by atoms with Gasteiger partial charge in [0, 0.05) is 0 Å². The number of benzene rings is 2. The van der Waals surface area contributed by atoms with E-state index >= 15 is 0 Å². The van der Waals surface area contributed by atoms with Crippen LogP contribution < -0.4 is 0 Å². The number of hydrogen-bond acceptors (Lipinski definition) is 5. The van der Waals surface area contributed by atoms with E-state index in [1.165, 1.54) is 9.40 Å². The largest absolute Gasteiger partial charge is 0.291 e.